The zero-order valence-corrected chi connectivity index (χ0v) is 14.1. The zero-order valence-electron chi connectivity index (χ0n) is 14.1. The highest BCUT2D eigenvalue weighted by atomic mass is 16.5. The number of amides is 3. The minimum atomic E-state index is -0.672. The van der Waals surface area contributed by atoms with Crippen LogP contribution in [0.3, 0.4) is 0 Å². The van der Waals surface area contributed by atoms with E-state index < -0.39 is 6.03 Å². The number of rotatable bonds is 6. The van der Waals surface area contributed by atoms with Gasteiger partial charge in [-0.3, -0.25) is 4.79 Å². The average Bonchev–Trinajstić information content (AvgIpc) is 2.60. The molecule has 0 bridgehead atoms. The van der Waals surface area contributed by atoms with Crippen LogP contribution in [0, 0.1) is 0 Å². The van der Waals surface area contributed by atoms with Crippen molar-refractivity contribution in [3.05, 3.63) is 42.0 Å². The molecule has 0 aliphatic rings. The van der Waals surface area contributed by atoms with Crippen LogP contribution < -0.4 is 30.6 Å². The maximum absolute atomic E-state index is 12.4. The van der Waals surface area contributed by atoms with E-state index in [1.165, 1.54) is 21.3 Å². The van der Waals surface area contributed by atoms with Crippen LogP contribution in [0.1, 0.15) is 10.4 Å². The first-order valence-electron chi connectivity index (χ1n) is 7.26. The molecule has 0 fully saturated rings. The van der Waals surface area contributed by atoms with Gasteiger partial charge >= 0.3 is 6.03 Å². The molecule has 2 aromatic carbocycles. The zero-order chi connectivity index (χ0) is 18.4. The Morgan fingerprint density at radius 3 is 1.84 bits per heavy atom. The second-order valence-electron chi connectivity index (χ2n) is 4.93. The largest absolute Gasteiger partial charge is 0.493 e. The number of ether oxygens (including phenoxy) is 3. The Hall–Kier alpha value is -3.42. The van der Waals surface area contributed by atoms with Gasteiger partial charge in [0, 0.05) is 29.1 Å². The molecule has 0 heterocycles. The van der Waals surface area contributed by atoms with Crippen molar-refractivity contribution in [3.63, 3.8) is 0 Å². The van der Waals surface area contributed by atoms with Gasteiger partial charge in [-0.25, -0.2) is 4.79 Å². The normalized spacial score (nSPS) is 9.88. The molecule has 0 saturated heterocycles. The number of urea groups is 1. The number of nitrogens with two attached hydrogens (primary N) is 1. The Morgan fingerprint density at radius 2 is 1.40 bits per heavy atom. The first-order valence-corrected chi connectivity index (χ1v) is 7.26. The van der Waals surface area contributed by atoms with E-state index in [4.69, 9.17) is 19.9 Å². The van der Waals surface area contributed by atoms with Crippen molar-refractivity contribution >= 4 is 23.3 Å². The topological polar surface area (TPSA) is 112 Å². The van der Waals surface area contributed by atoms with Gasteiger partial charge in [-0.05, 0) is 24.3 Å². The van der Waals surface area contributed by atoms with E-state index in [2.05, 4.69) is 10.6 Å². The number of nitrogens with one attached hydrogen (secondary N) is 2. The van der Waals surface area contributed by atoms with Gasteiger partial charge in [-0.2, -0.15) is 0 Å². The number of benzene rings is 2. The van der Waals surface area contributed by atoms with Gasteiger partial charge < -0.3 is 30.6 Å². The fraction of sp³-hybridized carbons (Fsp3) is 0.176. The second-order valence-corrected chi connectivity index (χ2v) is 4.93. The van der Waals surface area contributed by atoms with Gasteiger partial charge in [0.25, 0.3) is 5.91 Å². The molecule has 132 valence electrons. The van der Waals surface area contributed by atoms with E-state index in [1.54, 1.807) is 36.4 Å². The summed E-state index contributed by atoms with van der Waals surface area (Å²) in [5.74, 6) is 0.959. The molecule has 0 radical (unpaired) electrons. The molecule has 0 saturated carbocycles. The van der Waals surface area contributed by atoms with Crippen LogP contribution in [0.25, 0.3) is 0 Å². The smallest absolute Gasteiger partial charge is 0.316 e. The quantitative estimate of drug-likeness (QED) is 0.744. The molecule has 0 unspecified atom stereocenters. The summed E-state index contributed by atoms with van der Waals surface area (Å²) in [7, 11) is 4.49. The van der Waals surface area contributed by atoms with Crippen LogP contribution >= 0.6 is 0 Å². The lowest BCUT2D eigenvalue weighted by atomic mass is 10.2. The van der Waals surface area contributed by atoms with Crippen molar-refractivity contribution < 1.29 is 23.8 Å². The molecule has 4 N–H and O–H groups in total. The SMILES string of the molecule is COc1cc(NC(=O)c2ccc(NC(N)=O)cc2)cc(OC)c1OC. The highest BCUT2D eigenvalue weighted by Gasteiger charge is 2.15. The van der Waals surface area contributed by atoms with Crippen molar-refractivity contribution in [2.45, 2.75) is 0 Å². The van der Waals surface area contributed by atoms with Crippen molar-refractivity contribution in [2.75, 3.05) is 32.0 Å². The van der Waals surface area contributed by atoms with E-state index in [-0.39, 0.29) is 5.91 Å². The second kappa shape index (κ2) is 7.91. The molecule has 0 aromatic heterocycles. The lowest BCUT2D eigenvalue weighted by Gasteiger charge is -2.14. The summed E-state index contributed by atoms with van der Waals surface area (Å²) in [6.45, 7) is 0. The number of methoxy groups -OCH3 is 3. The number of hydrogen-bond donors (Lipinski definition) is 3. The predicted molar refractivity (Wildman–Crippen MR) is 93.7 cm³/mol. The average molecular weight is 345 g/mol. The summed E-state index contributed by atoms with van der Waals surface area (Å²) in [6, 6.07) is 8.88. The number of primary amides is 1. The molecule has 3 amide bonds. The summed E-state index contributed by atoms with van der Waals surface area (Å²) in [5.41, 5.74) is 6.43. The monoisotopic (exact) mass is 345 g/mol. The number of hydrogen-bond acceptors (Lipinski definition) is 5. The molecule has 2 rings (SSSR count). The lowest BCUT2D eigenvalue weighted by molar-refractivity contribution is 0.102. The van der Waals surface area contributed by atoms with Crippen molar-refractivity contribution in [2.24, 2.45) is 5.73 Å². The third-order valence-electron chi connectivity index (χ3n) is 3.34. The molecule has 8 heteroatoms. The van der Waals surface area contributed by atoms with Crippen molar-refractivity contribution in [1.29, 1.82) is 0 Å². The van der Waals surface area contributed by atoms with E-state index >= 15 is 0 Å². The molecule has 0 spiro atoms. The van der Waals surface area contributed by atoms with E-state index in [0.29, 0.717) is 34.2 Å². The van der Waals surface area contributed by atoms with Gasteiger partial charge in [0.1, 0.15) is 0 Å². The van der Waals surface area contributed by atoms with Gasteiger partial charge in [-0.1, -0.05) is 0 Å². The minimum Gasteiger partial charge on any atom is -0.493 e. The Bertz CT molecular complexity index is 749. The fourth-order valence-electron chi connectivity index (χ4n) is 2.20. The van der Waals surface area contributed by atoms with Crippen molar-refractivity contribution in [3.8, 4) is 17.2 Å². The first-order chi connectivity index (χ1) is 12.0. The van der Waals surface area contributed by atoms with Crippen LogP contribution in [-0.4, -0.2) is 33.3 Å². The number of carbonyl (C=O) groups is 2. The van der Waals surface area contributed by atoms with Crippen LogP contribution in [0.15, 0.2) is 36.4 Å². The maximum atomic E-state index is 12.4. The van der Waals surface area contributed by atoms with Crippen LogP contribution in [0.4, 0.5) is 16.2 Å². The minimum absolute atomic E-state index is 0.333. The van der Waals surface area contributed by atoms with Crippen LogP contribution in [0.2, 0.25) is 0 Å². The number of anilines is 2. The summed E-state index contributed by atoms with van der Waals surface area (Å²) >= 11 is 0. The molecule has 0 aliphatic heterocycles. The van der Waals surface area contributed by atoms with Gasteiger partial charge in [-0.15, -0.1) is 0 Å². The Labute approximate surface area is 144 Å². The highest BCUT2D eigenvalue weighted by Crippen LogP contribution is 2.40. The van der Waals surface area contributed by atoms with E-state index in [9.17, 15) is 9.59 Å². The van der Waals surface area contributed by atoms with Gasteiger partial charge in [0.05, 0.1) is 21.3 Å². The van der Waals surface area contributed by atoms with Crippen LogP contribution in [-0.2, 0) is 0 Å². The first kappa shape index (κ1) is 17.9. The third kappa shape index (κ3) is 4.31. The summed E-state index contributed by atoms with van der Waals surface area (Å²) in [5, 5.41) is 5.18. The Morgan fingerprint density at radius 1 is 0.840 bits per heavy atom. The summed E-state index contributed by atoms with van der Waals surface area (Å²) in [6.07, 6.45) is 0. The Kier molecular flexibility index (Phi) is 5.67. The molecule has 8 nitrogen and oxygen atoms in total. The lowest BCUT2D eigenvalue weighted by Crippen LogP contribution is -2.19. The highest BCUT2D eigenvalue weighted by molar-refractivity contribution is 6.05. The van der Waals surface area contributed by atoms with E-state index in [1.807, 2.05) is 0 Å². The maximum Gasteiger partial charge on any atom is 0.316 e. The van der Waals surface area contributed by atoms with Crippen LogP contribution in [0.5, 0.6) is 17.2 Å². The standard InChI is InChI=1S/C17H19N3O5/c1-23-13-8-12(9-14(24-2)15(13)25-3)19-16(21)10-4-6-11(7-5-10)20-17(18)22/h4-9H,1-3H3,(H,19,21)(H3,18,20,22). The van der Waals surface area contributed by atoms with E-state index in [0.717, 1.165) is 0 Å². The third-order valence-corrected chi connectivity index (χ3v) is 3.34. The molecule has 25 heavy (non-hydrogen) atoms. The molecule has 2 aromatic rings. The van der Waals surface area contributed by atoms with Gasteiger partial charge in [0.15, 0.2) is 11.5 Å². The Balaban J connectivity index is 2.21. The number of carbonyl (C=O) groups excluding carboxylic acids is 2. The summed E-state index contributed by atoms with van der Waals surface area (Å²) in [4.78, 5) is 23.2. The molecular formula is C17H19N3O5. The summed E-state index contributed by atoms with van der Waals surface area (Å²) < 4.78 is 15.7. The fourth-order valence-corrected chi connectivity index (χ4v) is 2.20. The molecule has 0 aliphatic carbocycles. The predicted octanol–water partition coefficient (Wildman–Crippen LogP) is 2.46. The molecular weight excluding hydrogens is 326 g/mol. The van der Waals surface area contributed by atoms with Gasteiger partial charge in [0.2, 0.25) is 5.75 Å². The van der Waals surface area contributed by atoms with Crippen molar-refractivity contribution in [1.82, 2.24) is 0 Å². The molecule has 0 atom stereocenters.